The maximum Gasteiger partial charge on any atom is 0.260 e. The molecule has 1 N–H and O–H groups in total. The zero-order valence-corrected chi connectivity index (χ0v) is 16.9. The van der Waals surface area contributed by atoms with Crippen molar-refractivity contribution in [3.05, 3.63) is 106 Å². The molecular weight excluding hydrogens is 405 g/mol. The van der Waals surface area contributed by atoms with Crippen LogP contribution in [0, 0.1) is 0 Å². The fourth-order valence-electron chi connectivity index (χ4n) is 3.12. The monoisotopic (exact) mass is 421 g/mol. The highest BCUT2D eigenvalue weighted by Gasteiger charge is 2.11. The van der Waals surface area contributed by atoms with E-state index in [1.165, 1.54) is 0 Å². The van der Waals surface area contributed by atoms with E-state index < -0.39 is 0 Å². The van der Waals surface area contributed by atoms with Crippen LogP contribution < -0.4 is 5.43 Å². The van der Waals surface area contributed by atoms with Gasteiger partial charge in [-0.3, -0.25) is 4.79 Å². The van der Waals surface area contributed by atoms with E-state index in [4.69, 9.17) is 23.2 Å². The number of carbonyl (C=O) groups is 1. The number of hydrogen-bond donors (Lipinski definition) is 1. The summed E-state index contributed by atoms with van der Waals surface area (Å²) in [5.74, 6) is -0.222. The predicted molar refractivity (Wildman–Crippen MR) is 119 cm³/mol. The molecule has 0 spiro atoms. The van der Waals surface area contributed by atoms with Gasteiger partial charge in [0.25, 0.3) is 5.91 Å². The fourth-order valence-corrected chi connectivity index (χ4v) is 3.42. The normalized spacial score (nSPS) is 11.6. The van der Waals surface area contributed by atoms with Crippen LogP contribution in [-0.4, -0.2) is 16.2 Å². The van der Waals surface area contributed by atoms with E-state index in [2.05, 4.69) is 10.5 Å². The Morgan fingerprint density at radius 3 is 2.41 bits per heavy atom. The van der Waals surface area contributed by atoms with Crippen LogP contribution in [0.5, 0.6) is 0 Å². The number of nitrogens with zero attached hydrogens (tertiary/aromatic N) is 2. The Morgan fingerprint density at radius 1 is 0.862 bits per heavy atom. The SMILES string of the molecule is O=C(Cn1ccc2ccccc21)N/N=C(\c1ccccc1)c1ccc(Cl)c(Cl)c1. The molecule has 144 valence electrons. The van der Waals surface area contributed by atoms with E-state index in [0.29, 0.717) is 15.8 Å². The highest BCUT2D eigenvalue weighted by atomic mass is 35.5. The van der Waals surface area contributed by atoms with Crippen LogP contribution in [0.1, 0.15) is 11.1 Å². The average molecular weight is 422 g/mol. The highest BCUT2D eigenvalue weighted by molar-refractivity contribution is 6.42. The Hall–Kier alpha value is -3.08. The zero-order valence-electron chi connectivity index (χ0n) is 15.3. The minimum absolute atomic E-state index is 0.167. The van der Waals surface area contributed by atoms with Crippen LogP contribution in [0.4, 0.5) is 0 Å². The maximum absolute atomic E-state index is 12.6. The second kappa shape index (κ2) is 8.52. The molecule has 0 saturated carbocycles. The molecule has 0 fully saturated rings. The van der Waals surface area contributed by atoms with Crippen molar-refractivity contribution in [2.24, 2.45) is 5.10 Å². The lowest BCUT2D eigenvalue weighted by Gasteiger charge is -2.10. The van der Waals surface area contributed by atoms with Crippen molar-refractivity contribution < 1.29 is 4.79 Å². The van der Waals surface area contributed by atoms with E-state index in [9.17, 15) is 4.79 Å². The van der Waals surface area contributed by atoms with Gasteiger partial charge < -0.3 is 4.57 Å². The molecule has 6 heteroatoms. The van der Waals surface area contributed by atoms with Crippen LogP contribution in [-0.2, 0) is 11.3 Å². The number of fused-ring (bicyclic) bond motifs is 1. The van der Waals surface area contributed by atoms with Crippen molar-refractivity contribution in [3.63, 3.8) is 0 Å². The number of aromatic nitrogens is 1. The average Bonchev–Trinajstić information content (AvgIpc) is 3.14. The van der Waals surface area contributed by atoms with E-state index >= 15 is 0 Å². The zero-order chi connectivity index (χ0) is 20.2. The van der Waals surface area contributed by atoms with Gasteiger partial charge in [-0.2, -0.15) is 5.10 Å². The molecule has 4 nitrogen and oxygen atoms in total. The van der Waals surface area contributed by atoms with Crippen molar-refractivity contribution in [1.82, 2.24) is 9.99 Å². The summed E-state index contributed by atoms with van der Waals surface area (Å²) in [5.41, 5.74) is 5.90. The van der Waals surface area contributed by atoms with Gasteiger partial charge in [0.1, 0.15) is 6.54 Å². The molecule has 4 aromatic rings. The molecule has 1 aromatic heterocycles. The van der Waals surface area contributed by atoms with E-state index in [1.54, 1.807) is 12.1 Å². The summed E-state index contributed by atoms with van der Waals surface area (Å²) in [5, 5.41) is 6.38. The maximum atomic E-state index is 12.6. The smallest absolute Gasteiger partial charge is 0.260 e. The number of hydrazone groups is 1. The third-order valence-electron chi connectivity index (χ3n) is 4.53. The molecule has 29 heavy (non-hydrogen) atoms. The van der Waals surface area contributed by atoms with E-state index in [0.717, 1.165) is 22.0 Å². The minimum atomic E-state index is -0.222. The number of rotatable bonds is 5. The van der Waals surface area contributed by atoms with Crippen molar-refractivity contribution in [3.8, 4) is 0 Å². The van der Waals surface area contributed by atoms with E-state index in [1.807, 2.05) is 77.5 Å². The lowest BCUT2D eigenvalue weighted by molar-refractivity contribution is -0.121. The molecule has 0 aliphatic carbocycles. The van der Waals surface area contributed by atoms with Crippen LogP contribution in [0.25, 0.3) is 10.9 Å². The fraction of sp³-hybridized carbons (Fsp3) is 0.0435. The first-order valence-corrected chi connectivity index (χ1v) is 9.78. The topological polar surface area (TPSA) is 46.4 Å². The Balaban J connectivity index is 1.60. The summed E-state index contributed by atoms with van der Waals surface area (Å²) in [6.07, 6.45) is 1.89. The van der Waals surface area contributed by atoms with Crippen molar-refractivity contribution in [2.45, 2.75) is 6.54 Å². The van der Waals surface area contributed by atoms with Crippen LogP contribution in [0.15, 0.2) is 90.2 Å². The second-order valence-electron chi connectivity index (χ2n) is 6.49. The summed E-state index contributed by atoms with van der Waals surface area (Å²) in [4.78, 5) is 12.6. The van der Waals surface area contributed by atoms with Gasteiger partial charge in [-0.1, -0.05) is 77.8 Å². The summed E-state index contributed by atoms with van der Waals surface area (Å²) in [6, 6.07) is 24.8. The molecule has 1 heterocycles. The molecule has 0 saturated heterocycles. The quantitative estimate of drug-likeness (QED) is 0.334. The third kappa shape index (κ3) is 4.34. The van der Waals surface area contributed by atoms with Crippen LogP contribution in [0.2, 0.25) is 10.0 Å². The van der Waals surface area contributed by atoms with Crippen LogP contribution in [0.3, 0.4) is 0 Å². The van der Waals surface area contributed by atoms with Crippen molar-refractivity contribution in [1.29, 1.82) is 0 Å². The first-order chi connectivity index (χ1) is 14.1. The number of nitrogens with one attached hydrogen (secondary N) is 1. The standard InChI is InChI=1S/C23H17Cl2N3O/c24-19-11-10-18(14-20(19)25)23(17-7-2-1-3-8-17)27-26-22(29)15-28-13-12-16-6-4-5-9-21(16)28/h1-14H,15H2,(H,26,29)/b27-23+. The Labute approximate surface area is 178 Å². The Bertz CT molecular complexity index is 1200. The van der Waals surface area contributed by atoms with Gasteiger partial charge in [0.15, 0.2) is 0 Å². The number of carbonyl (C=O) groups excluding carboxylic acids is 1. The highest BCUT2D eigenvalue weighted by Crippen LogP contribution is 2.24. The van der Waals surface area contributed by atoms with Gasteiger partial charge in [-0.25, -0.2) is 5.43 Å². The number of amides is 1. The van der Waals surface area contributed by atoms with Gasteiger partial charge in [-0.15, -0.1) is 0 Å². The van der Waals surface area contributed by atoms with Crippen molar-refractivity contribution >= 4 is 45.7 Å². The van der Waals surface area contributed by atoms with E-state index in [-0.39, 0.29) is 12.5 Å². The molecule has 3 aromatic carbocycles. The molecular formula is C23H17Cl2N3O. The summed E-state index contributed by atoms with van der Waals surface area (Å²) >= 11 is 12.2. The number of para-hydroxylation sites is 1. The van der Waals surface area contributed by atoms with Gasteiger partial charge in [-0.05, 0) is 29.7 Å². The molecule has 0 radical (unpaired) electrons. The molecule has 0 aliphatic rings. The van der Waals surface area contributed by atoms with Gasteiger partial charge in [0.05, 0.1) is 15.8 Å². The van der Waals surface area contributed by atoms with Gasteiger partial charge in [0, 0.05) is 22.8 Å². The van der Waals surface area contributed by atoms with Crippen LogP contribution >= 0.6 is 23.2 Å². The second-order valence-corrected chi connectivity index (χ2v) is 7.31. The first-order valence-electron chi connectivity index (χ1n) is 9.03. The first kappa shape index (κ1) is 19.2. The Morgan fingerprint density at radius 2 is 1.62 bits per heavy atom. The summed E-state index contributed by atoms with van der Waals surface area (Å²) in [6.45, 7) is 0.167. The minimum Gasteiger partial charge on any atom is -0.338 e. The number of halogens is 2. The largest absolute Gasteiger partial charge is 0.338 e. The van der Waals surface area contributed by atoms with Gasteiger partial charge in [0.2, 0.25) is 0 Å². The lowest BCUT2D eigenvalue weighted by atomic mass is 10.0. The number of benzene rings is 3. The number of hydrogen-bond acceptors (Lipinski definition) is 2. The Kier molecular flexibility index (Phi) is 5.65. The van der Waals surface area contributed by atoms with Crippen molar-refractivity contribution in [2.75, 3.05) is 0 Å². The molecule has 0 bridgehead atoms. The molecule has 1 amide bonds. The van der Waals surface area contributed by atoms with Gasteiger partial charge >= 0.3 is 0 Å². The third-order valence-corrected chi connectivity index (χ3v) is 5.27. The molecule has 4 rings (SSSR count). The lowest BCUT2D eigenvalue weighted by Crippen LogP contribution is -2.24. The molecule has 0 atom stereocenters. The summed E-state index contributed by atoms with van der Waals surface area (Å²) in [7, 11) is 0. The molecule has 0 aliphatic heterocycles. The summed E-state index contributed by atoms with van der Waals surface area (Å²) < 4.78 is 1.89. The predicted octanol–water partition coefficient (Wildman–Crippen LogP) is 5.52. The molecule has 0 unspecified atom stereocenters.